The molecule has 3 heterocycles. The summed E-state index contributed by atoms with van der Waals surface area (Å²) in [5.41, 5.74) is 1.22. The van der Waals surface area contributed by atoms with Crippen molar-refractivity contribution >= 4 is 27.3 Å². The molecule has 32 heavy (non-hydrogen) atoms. The molecule has 0 saturated carbocycles. The molecule has 1 fully saturated rings. The Morgan fingerprint density at radius 2 is 1.94 bits per heavy atom. The second-order valence-electron chi connectivity index (χ2n) is 8.78. The van der Waals surface area contributed by atoms with Gasteiger partial charge in [0.1, 0.15) is 0 Å². The Bertz CT molecular complexity index is 915. The number of benzene rings is 1. The van der Waals surface area contributed by atoms with Gasteiger partial charge in [-0.05, 0) is 61.1 Å². The van der Waals surface area contributed by atoms with Crippen molar-refractivity contribution < 1.29 is 19.4 Å². The highest BCUT2D eigenvalue weighted by molar-refractivity contribution is 7.17. The van der Waals surface area contributed by atoms with Crippen molar-refractivity contribution in [2.24, 2.45) is 5.92 Å². The van der Waals surface area contributed by atoms with Crippen LogP contribution >= 0.6 is 11.3 Å². The number of aliphatic hydroxyl groups excluding tert-OH is 1. The number of amides is 1. The molecule has 1 N–H and O–H groups in total. The molecule has 6 heteroatoms. The van der Waals surface area contributed by atoms with Crippen molar-refractivity contribution in [2.75, 3.05) is 26.3 Å². The number of thiophene rings is 1. The predicted octanol–water partition coefficient (Wildman–Crippen LogP) is 5.44. The molecule has 3 atom stereocenters. The molecule has 1 amide bonds. The van der Waals surface area contributed by atoms with Crippen LogP contribution in [0, 0.1) is 5.92 Å². The van der Waals surface area contributed by atoms with E-state index in [0.29, 0.717) is 18.8 Å². The van der Waals surface area contributed by atoms with E-state index in [1.165, 1.54) is 34.9 Å². The molecule has 5 nitrogen and oxygen atoms in total. The minimum Gasteiger partial charge on any atom is -0.459 e. The van der Waals surface area contributed by atoms with Crippen LogP contribution in [0.2, 0.25) is 0 Å². The van der Waals surface area contributed by atoms with Gasteiger partial charge in [0.25, 0.3) is 5.91 Å². The quantitative estimate of drug-likeness (QED) is 0.601. The van der Waals surface area contributed by atoms with Crippen molar-refractivity contribution in [1.82, 2.24) is 4.90 Å². The van der Waals surface area contributed by atoms with Crippen LogP contribution in [0.25, 0.3) is 10.1 Å². The third-order valence-corrected chi connectivity index (χ3v) is 7.62. The molecular weight excluding hydrogens is 422 g/mol. The van der Waals surface area contributed by atoms with Crippen molar-refractivity contribution in [1.29, 1.82) is 0 Å². The lowest BCUT2D eigenvalue weighted by Crippen LogP contribution is -2.41. The van der Waals surface area contributed by atoms with Crippen LogP contribution in [0.5, 0.6) is 0 Å². The fourth-order valence-corrected chi connectivity index (χ4v) is 5.99. The number of ether oxygens (including phenoxy) is 2. The summed E-state index contributed by atoms with van der Waals surface area (Å²) >= 11 is 1.74. The SMILES string of the molecule is CCO[C@@H]1OC(C(=O)N2CCCCCCC2)=C[C@H](c2csc3ccccc23)[C@H]1CCCO. The van der Waals surface area contributed by atoms with E-state index in [4.69, 9.17) is 9.47 Å². The number of carbonyl (C=O) groups is 1. The summed E-state index contributed by atoms with van der Waals surface area (Å²) in [7, 11) is 0. The Morgan fingerprint density at radius 1 is 1.19 bits per heavy atom. The third kappa shape index (κ3) is 5.19. The highest BCUT2D eigenvalue weighted by Crippen LogP contribution is 2.43. The Morgan fingerprint density at radius 3 is 2.69 bits per heavy atom. The molecule has 1 aromatic carbocycles. The zero-order chi connectivity index (χ0) is 22.3. The number of likely N-dealkylation sites (tertiary alicyclic amines) is 1. The predicted molar refractivity (Wildman–Crippen MR) is 129 cm³/mol. The van der Waals surface area contributed by atoms with E-state index in [-0.39, 0.29) is 24.3 Å². The summed E-state index contributed by atoms with van der Waals surface area (Å²) in [5, 5.41) is 12.9. The number of rotatable bonds is 7. The van der Waals surface area contributed by atoms with Gasteiger partial charge in [-0.15, -0.1) is 11.3 Å². The smallest absolute Gasteiger partial charge is 0.288 e. The first-order chi connectivity index (χ1) is 15.7. The molecule has 0 radical (unpaired) electrons. The summed E-state index contributed by atoms with van der Waals surface area (Å²) in [6, 6.07) is 8.42. The van der Waals surface area contributed by atoms with E-state index >= 15 is 0 Å². The molecule has 1 aromatic heterocycles. The van der Waals surface area contributed by atoms with Crippen LogP contribution in [0.15, 0.2) is 41.5 Å². The Hall–Kier alpha value is -1.89. The van der Waals surface area contributed by atoms with Crippen molar-refractivity contribution in [2.45, 2.75) is 64.1 Å². The van der Waals surface area contributed by atoms with Crippen LogP contribution in [0.1, 0.15) is 63.4 Å². The summed E-state index contributed by atoms with van der Waals surface area (Å²) < 4.78 is 13.5. The molecule has 4 rings (SSSR count). The molecule has 174 valence electrons. The minimum atomic E-state index is -0.492. The highest BCUT2D eigenvalue weighted by atomic mass is 32.1. The van der Waals surface area contributed by atoms with Gasteiger partial charge >= 0.3 is 0 Å². The second kappa shape index (κ2) is 11.3. The zero-order valence-electron chi connectivity index (χ0n) is 19.0. The number of nitrogens with zero attached hydrogens (tertiary/aromatic N) is 1. The standard InChI is InChI=1S/C26H35NO4S/c1-2-30-26-20(12-10-16-28)21(22-18-32-24-13-7-6-11-19(22)24)17-23(31-26)25(29)27-14-8-4-3-5-9-15-27/h6-7,11,13,17-18,20-21,26,28H,2-5,8-10,12,14-16H2,1H3/t20-,21+,26-/m1/s1. The van der Waals surface area contributed by atoms with E-state index in [1.54, 1.807) is 11.3 Å². The largest absolute Gasteiger partial charge is 0.459 e. The number of allylic oxidation sites excluding steroid dienone is 1. The van der Waals surface area contributed by atoms with Gasteiger partial charge in [-0.25, -0.2) is 0 Å². The molecule has 0 spiro atoms. The number of fused-ring (bicyclic) bond motifs is 1. The van der Waals surface area contributed by atoms with Crippen molar-refractivity contribution in [3.8, 4) is 0 Å². The number of aliphatic hydroxyl groups is 1. The molecule has 2 aliphatic heterocycles. The number of hydrogen-bond donors (Lipinski definition) is 1. The van der Waals surface area contributed by atoms with E-state index in [9.17, 15) is 9.90 Å². The normalized spacial score (nSPS) is 24.5. The van der Waals surface area contributed by atoms with Gasteiger partial charge in [0.05, 0.1) is 0 Å². The summed E-state index contributed by atoms with van der Waals surface area (Å²) in [5.74, 6) is 0.465. The van der Waals surface area contributed by atoms with Crippen molar-refractivity contribution in [3.63, 3.8) is 0 Å². The first-order valence-corrected chi connectivity index (χ1v) is 13.0. The molecule has 0 aliphatic carbocycles. The first kappa shape index (κ1) is 23.3. The van der Waals surface area contributed by atoms with E-state index in [2.05, 4.69) is 29.6 Å². The van der Waals surface area contributed by atoms with Crippen LogP contribution < -0.4 is 0 Å². The third-order valence-electron chi connectivity index (χ3n) is 6.64. The average molecular weight is 458 g/mol. The van der Waals surface area contributed by atoms with Gasteiger partial charge in [0.2, 0.25) is 6.29 Å². The fraction of sp³-hybridized carbons (Fsp3) is 0.577. The number of hydrogen-bond acceptors (Lipinski definition) is 5. The van der Waals surface area contributed by atoms with Gasteiger partial charge < -0.3 is 19.5 Å². The average Bonchev–Trinajstić information content (AvgIpc) is 3.21. The Labute approximate surface area is 195 Å². The van der Waals surface area contributed by atoms with Crippen LogP contribution in [0.4, 0.5) is 0 Å². The highest BCUT2D eigenvalue weighted by Gasteiger charge is 2.39. The van der Waals surface area contributed by atoms with E-state index < -0.39 is 6.29 Å². The van der Waals surface area contributed by atoms with Gasteiger partial charge in [-0.2, -0.15) is 0 Å². The second-order valence-corrected chi connectivity index (χ2v) is 9.69. The number of carbonyl (C=O) groups excluding carboxylic acids is 1. The summed E-state index contributed by atoms with van der Waals surface area (Å²) in [4.78, 5) is 15.5. The Balaban J connectivity index is 1.70. The molecule has 0 unspecified atom stereocenters. The lowest BCUT2D eigenvalue weighted by atomic mass is 9.80. The lowest BCUT2D eigenvalue weighted by molar-refractivity contribution is -0.170. The topological polar surface area (TPSA) is 59.0 Å². The molecule has 0 bridgehead atoms. The fourth-order valence-electron chi connectivity index (χ4n) is 4.98. The maximum absolute atomic E-state index is 13.5. The molecule has 2 aromatic rings. The van der Waals surface area contributed by atoms with Gasteiger partial charge in [-0.3, -0.25) is 4.79 Å². The van der Waals surface area contributed by atoms with Gasteiger partial charge in [0, 0.05) is 42.8 Å². The Kier molecular flexibility index (Phi) is 8.22. The molecule has 1 saturated heterocycles. The van der Waals surface area contributed by atoms with E-state index in [1.807, 2.05) is 17.9 Å². The van der Waals surface area contributed by atoms with Crippen LogP contribution in [-0.4, -0.2) is 48.5 Å². The first-order valence-electron chi connectivity index (χ1n) is 12.1. The summed E-state index contributed by atoms with van der Waals surface area (Å²) in [6.45, 7) is 4.19. The zero-order valence-corrected chi connectivity index (χ0v) is 19.8. The lowest BCUT2D eigenvalue weighted by Gasteiger charge is -2.38. The monoisotopic (exact) mass is 457 g/mol. The van der Waals surface area contributed by atoms with Crippen LogP contribution in [-0.2, 0) is 14.3 Å². The summed E-state index contributed by atoms with van der Waals surface area (Å²) in [6.07, 6.45) is 8.71. The van der Waals surface area contributed by atoms with Crippen LogP contribution in [0.3, 0.4) is 0 Å². The maximum Gasteiger partial charge on any atom is 0.288 e. The maximum atomic E-state index is 13.5. The minimum absolute atomic E-state index is 0.0108. The van der Waals surface area contributed by atoms with Gasteiger partial charge in [-0.1, -0.05) is 37.5 Å². The molecular formula is C26H35NO4S. The molecule has 2 aliphatic rings. The van der Waals surface area contributed by atoms with E-state index in [0.717, 1.165) is 32.4 Å². The van der Waals surface area contributed by atoms with Gasteiger partial charge in [0.15, 0.2) is 5.76 Å². The van der Waals surface area contributed by atoms with Crippen molar-refractivity contribution in [3.05, 3.63) is 47.0 Å².